The van der Waals surface area contributed by atoms with Crippen molar-refractivity contribution in [3.05, 3.63) is 42.3 Å². The van der Waals surface area contributed by atoms with E-state index in [2.05, 4.69) is 10.3 Å². The molecule has 2 heterocycles. The van der Waals surface area contributed by atoms with Gasteiger partial charge in [-0.3, -0.25) is 4.79 Å². The van der Waals surface area contributed by atoms with E-state index in [4.69, 9.17) is 14.6 Å². The fourth-order valence-electron chi connectivity index (χ4n) is 2.83. The first-order valence-corrected chi connectivity index (χ1v) is 7.70. The Labute approximate surface area is 146 Å². The summed E-state index contributed by atoms with van der Waals surface area (Å²) in [4.78, 5) is 15.1. The van der Waals surface area contributed by atoms with Crippen LogP contribution in [0.25, 0.3) is 21.9 Å². The predicted molar refractivity (Wildman–Crippen MR) is 91.1 cm³/mol. The molecule has 0 unspecified atom stereocenters. The van der Waals surface area contributed by atoms with Gasteiger partial charge in [0.2, 0.25) is 6.79 Å². The molecule has 0 saturated carbocycles. The molecule has 0 fully saturated rings. The van der Waals surface area contributed by atoms with Crippen LogP contribution in [-0.2, 0) is 4.79 Å². The van der Waals surface area contributed by atoms with Crippen LogP contribution in [-0.4, -0.2) is 34.5 Å². The molecule has 3 N–H and O–H groups in total. The minimum absolute atomic E-state index is 0.0835. The van der Waals surface area contributed by atoms with E-state index in [0.717, 1.165) is 0 Å². The van der Waals surface area contributed by atoms with E-state index in [-0.39, 0.29) is 13.3 Å². The number of carbonyl (C=O) groups is 1. The Hall–Kier alpha value is -3.55. The Morgan fingerprint density at radius 1 is 1.19 bits per heavy atom. The van der Waals surface area contributed by atoms with Crippen LogP contribution < -0.4 is 14.8 Å². The number of nitrogens with zero attached hydrogens (tertiary/aromatic N) is 1. The van der Waals surface area contributed by atoms with Gasteiger partial charge in [-0.2, -0.15) is 0 Å². The van der Waals surface area contributed by atoms with Gasteiger partial charge in [-0.05, 0) is 35.2 Å². The van der Waals surface area contributed by atoms with E-state index in [0.29, 0.717) is 39.2 Å². The topological polar surface area (TPSA) is 101 Å². The SMILES string of the molecule is O=C(O)CNc1ncc(-c2ccc(O)c(F)c2)c2cc3c(cc12)OCO3. The minimum Gasteiger partial charge on any atom is -0.505 e. The molecule has 0 bridgehead atoms. The number of fused-ring (bicyclic) bond motifs is 2. The molecule has 4 rings (SSSR count). The lowest BCUT2D eigenvalue weighted by atomic mass is 9.99. The second-order valence-electron chi connectivity index (χ2n) is 5.69. The number of anilines is 1. The number of halogens is 1. The summed E-state index contributed by atoms with van der Waals surface area (Å²) in [6, 6.07) is 7.49. The number of hydrogen-bond donors (Lipinski definition) is 3. The summed E-state index contributed by atoms with van der Waals surface area (Å²) in [5.74, 6) is -0.790. The summed E-state index contributed by atoms with van der Waals surface area (Å²) < 4.78 is 24.6. The molecule has 1 aromatic heterocycles. The first-order valence-electron chi connectivity index (χ1n) is 7.70. The molecule has 0 atom stereocenters. The third kappa shape index (κ3) is 2.71. The summed E-state index contributed by atoms with van der Waals surface area (Å²) in [5.41, 5.74) is 1.12. The number of pyridine rings is 1. The zero-order valence-electron chi connectivity index (χ0n) is 13.3. The lowest BCUT2D eigenvalue weighted by molar-refractivity contribution is -0.134. The number of nitrogens with one attached hydrogen (secondary N) is 1. The van der Waals surface area contributed by atoms with Crippen LogP contribution in [0.15, 0.2) is 36.5 Å². The smallest absolute Gasteiger partial charge is 0.322 e. The number of carboxylic acids is 1. The molecule has 0 aliphatic carbocycles. The lowest BCUT2D eigenvalue weighted by Crippen LogP contribution is -2.13. The molecule has 7 nitrogen and oxygen atoms in total. The second kappa shape index (κ2) is 6.07. The summed E-state index contributed by atoms with van der Waals surface area (Å²) in [6.45, 7) is -0.218. The van der Waals surface area contributed by atoms with Crippen molar-refractivity contribution in [2.24, 2.45) is 0 Å². The van der Waals surface area contributed by atoms with Crippen molar-refractivity contribution in [2.75, 3.05) is 18.7 Å². The molecule has 8 heteroatoms. The maximum absolute atomic E-state index is 13.8. The molecule has 1 aliphatic heterocycles. The van der Waals surface area contributed by atoms with Crippen molar-refractivity contribution in [3.63, 3.8) is 0 Å². The quantitative estimate of drug-likeness (QED) is 0.661. The van der Waals surface area contributed by atoms with E-state index in [1.165, 1.54) is 18.3 Å². The van der Waals surface area contributed by atoms with Gasteiger partial charge in [-0.15, -0.1) is 0 Å². The Morgan fingerprint density at radius 2 is 1.92 bits per heavy atom. The normalized spacial score (nSPS) is 12.3. The van der Waals surface area contributed by atoms with E-state index in [9.17, 15) is 14.3 Å². The third-order valence-electron chi connectivity index (χ3n) is 4.05. The molecular weight excluding hydrogens is 343 g/mol. The number of phenolic OH excluding ortho intramolecular Hbond substituents is 1. The van der Waals surface area contributed by atoms with Crippen molar-refractivity contribution in [1.82, 2.24) is 4.98 Å². The standard InChI is InChI=1S/C18H13FN2O5/c19-13-3-9(1-2-14(13)22)12-6-20-18(21-7-17(23)24)11-5-16-15(4-10(11)12)25-8-26-16/h1-6,22H,7-8H2,(H,20,21)(H,23,24). The third-order valence-corrected chi connectivity index (χ3v) is 4.05. The van der Waals surface area contributed by atoms with Gasteiger partial charge in [-0.1, -0.05) is 6.07 Å². The molecule has 26 heavy (non-hydrogen) atoms. The molecule has 0 saturated heterocycles. The molecule has 0 amide bonds. The first kappa shape index (κ1) is 15.9. The van der Waals surface area contributed by atoms with Gasteiger partial charge in [0.1, 0.15) is 12.4 Å². The van der Waals surface area contributed by atoms with Crippen molar-refractivity contribution >= 4 is 22.6 Å². The summed E-state index contributed by atoms with van der Waals surface area (Å²) >= 11 is 0. The Balaban J connectivity index is 1.92. The highest BCUT2D eigenvalue weighted by atomic mass is 19.1. The zero-order valence-corrected chi connectivity index (χ0v) is 13.3. The fraction of sp³-hybridized carbons (Fsp3) is 0.111. The zero-order chi connectivity index (χ0) is 18.3. The van der Waals surface area contributed by atoms with Crippen LogP contribution in [0, 0.1) is 5.82 Å². The van der Waals surface area contributed by atoms with Gasteiger partial charge in [-0.25, -0.2) is 9.37 Å². The number of ether oxygens (including phenoxy) is 2. The Morgan fingerprint density at radius 3 is 2.62 bits per heavy atom. The maximum atomic E-state index is 13.8. The van der Waals surface area contributed by atoms with Gasteiger partial charge in [0.15, 0.2) is 23.1 Å². The summed E-state index contributed by atoms with van der Waals surface area (Å²) in [7, 11) is 0. The monoisotopic (exact) mass is 356 g/mol. The van der Waals surface area contributed by atoms with Crippen LogP contribution in [0.2, 0.25) is 0 Å². The Bertz CT molecular complexity index is 1040. The van der Waals surface area contributed by atoms with E-state index < -0.39 is 17.5 Å². The average Bonchev–Trinajstić information content (AvgIpc) is 3.07. The molecule has 1 aliphatic rings. The largest absolute Gasteiger partial charge is 0.505 e. The van der Waals surface area contributed by atoms with E-state index in [1.54, 1.807) is 18.2 Å². The number of rotatable bonds is 4. The number of carboxylic acid groups (broad SMARTS) is 1. The average molecular weight is 356 g/mol. The van der Waals surface area contributed by atoms with Crippen LogP contribution in [0.1, 0.15) is 0 Å². The maximum Gasteiger partial charge on any atom is 0.322 e. The van der Waals surface area contributed by atoms with Gasteiger partial charge in [0.05, 0.1) is 0 Å². The predicted octanol–water partition coefficient (Wildman–Crippen LogP) is 2.97. The number of aromatic hydroxyl groups is 1. The van der Waals surface area contributed by atoms with Crippen molar-refractivity contribution in [3.8, 4) is 28.4 Å². The van der Waals surface area contributed by atoms with Crippen LogP contribution in [0.4, 0.5) is 10.2 Å². The summed E-state index contributed by atoms with van der Waals surface area (Å²) in [5, 5.41) is 22.3. The molecule has 0 spiro atoms. The molecular formula is C18H13FN2O5. The highest BCUT2D eigenvalue weighted by Gasteiger charge is 2.19. The van der Waals surface area contributed by atoms with Crippen LogP contribution in [0.5, 0.6) is 17.2 Å². The molecule has 2 aromatic carbocycles. The fourth-order valence-corrected chi connectivity index (χ4v) is 2.83. The highest BCUT2D eigenvalue weighted by Crippen LogP contribution is 2.41. The van der Waals surface area contributed by atoms with Gasteiger partial charge in [0, 0.05) is 17.1 Å². The van der Waals surface area contributed by atoms with E-state index >= 15 is 0 Å². The number of phenols is 1. The molecule has 3 aromatic rings. The number of hydrogen-bond acceptors (Lipinski definition) is 6. The number of aliphatic carboxylic acids is 1. The highest BCUT2D eigenvalue weighted by molar-refractivity contribution is 6.03. The van der Waals surface area contributed by atoms with Crippen molar-refractivity contribution < 1.29 is 28.9 Å². The van der Waals surface area contributed by atoms with Gasteiger partial charge >= 0.3 is 5.97 Å². The Kier molecular flexibility index (Phi) is 3.72. The van der Waals surface area contributed by atoms with Crippen molar-refractivity contribution in [2.45, 2.75) is 0 Å². The van der Waals surface area contributed by atoms with Crippen molar-refractivity contribution in [1.29, 1.82) is 0 Å². The molecule has 132 valence electrons. The first-order chi connectivity index (χ1) is 12.5. The molecule has 0 radical (unpaired) electrons. The number of benzene rings is 2. The minimum atomic E-state index is -1.02. The van der Waals surface area contributed by atoms with Crippen LogP contribution >= 0.6 is 0 Å². The van der Waals surface area contributed by atoms with E-state index in [1.807, 2.05) is 0 Å². The summed E-state index contributed by atoms with van der Waals surface area (Å²) in [6.07, 6.45) is 1.51. The van der Waals surface area contributed by atoms with Crippen LogP contribution in [0.3, 0.4) is 0 Å². The van der Waals surface area contributed by atoms with Gasteiger partial charge in [0.25, 0.3) is 0 Å². The lowest BCUT2D eigenvalue weighted by Gasteiger charge is -2.13. The number of aromatic nitrogens is 1. The van der Waals surface area contributed by atoms with Gasteiger partial charge < -0.3 is 25.0 Å². The second-order valence-corrected chi connectivity index (χ2v) is 5.69.